The van der Waals surface area contributed by atoms with Crippen molar-refractivity contribution in [3.8, 4) is 0 Å². The van der Waals surface area contributed by atoms with Crippen molar-refractivity contribution >= 4 is 48.0 Å². The van der Waals surface area contributed by atoms with Gasteiger partial charge < -0.3 is 0 Å². The number of rotatable bonds is 7. The van der Waals surface area contributed by atoms with Gasteiger partial charge in [-0.2, -0.15) is 0 Å². The van der Waals surface area contributed by atoms with Crippen LogP contribution in [-0.2, 0) is 20.0 Å². The predicted molar refractivity (Wildman–Crippen MR) is 123 cm³/mol. The molecule has 168 valence electrons. The highest BCUT2D eigenvalue weighted by atomic mass is 32.2. The highest BCUT2D eigenvalue weighted by molar-refractivity contribution is 7.93. The van der Waals surface area contributed by atoms with E-state index in [4.69, 9.17) is 0 Å². The molecule has 1 aromatic heterocycles. The molecule has 2 N–H and O–H groups in total. The fourth-order valence-corrected chi connectivity index (χ4v) is 5.45. The van der Waals surface area contributed by atoms with Gasteiger partial charge in [-0.05, 0) is 36.4 Å². The first-order chi connectivity index (χ1) is 15.7. The fourth-order valence-electron chi connectivity index (χ4n) is 3.13. The monoisotopic (exact) mass is 484 g/mol. The lowest BCUT2D eigenvalue weighted by molar-refractivity contribution is -0.385. The van der Waals surface area contributed by atoms with Crippen LogP contribution in [0.4, 0.5) is 17.1 Å². The Morgan fingerprint density at radius 2 is 1.39 bits per heavy atom. The van der Waals surface area contributed by atoms with Crippen LogP contribution in [0.25, 0.3) is 10.9 Å². The van der Waals surface area contributed by atoms with Gasteiger partial charge in [0.15, 0.2) is 0 Å². The smallest absolute Gasteiger partial charge is 0.270 e. The molecule has 3 aromatic carbocycles. The van der Waals surface area contributed by atoms with E-state index in [0.717, 1.165) is 6.07 Å². The van der Waals surface area contributed by atoms with Crippen LogP contribution in [-0.4, -0.2) is 26.7 Å². The summed E-state index contributed by atoms with van der Waals surface area (Å²) in [5, 5.41) is 11.6. The van der Waals surface area contributed by atoms with E-state index in [1.54, 1.807) is 24.3 Å². The van der Waals surface area contributed by atoms with Crippen molar-refractivity contribution in [2.75, 3.05) is 9.44 Å². The maximum atomic E-state index is 13.0. The lowest BCUT2D eigenvalue weighted by Gasteiger charge is -2.12. The number of fused-ring (bicyclic) bond motifs is 1. The third kappa shape index (κ3) is 4.76. The van der Waals surface area contributed by atoms with Crippen molar-refractivity contribution in [3.05, 3.63) is 95.2 Å². The molecule has 10 nitrogen and oxygen atoms in total. The van der Waals surface area contributed by atoms with Gasteiger partial charge in [0.25, 0.3) is 25.7 Å². The number of hydrogen-bond donors (Lipinski definition) is 2. The molecule has 0 spiro atoms. The van der Waals surface area contributed by atoms with Crippen molar-refractivity contribution in [2.45, 2.75) is 9.79 Å². The molecule has 0 bridgehead atoms. The van der Waals surface area contributed by atoms with Crippen molar-refractivity contribution in [2.24, 2.45) is 0 Å². The summed E-state index contributed by atoms with van der Waals surface area (Å²) in [5.41, 5.74) is 0.109. The normalized spacial score (nSPS) is 11.8. The number of nitrogens with zero attached hydrogens (tertiary/aromatic N) is 2. The Morgan fingerprint density at radius 1 is 0.758 bits per heavy atom. The Hall–Kier alpha value is -4.03. The van der Waals surface area contributed by atoms with Crippen LogP contribution in [0.5, 0.6) is 0 Å². The number of non-ortho nitro benzene ring substituents is 1. The average molecular weight is 485 g/mol. The number of aromatic nitrogens is 1. The van der Waals surface area contributed by atoms with Gasteiger partial charge in [0, 0.05) is 23.7 Å². The van der Waals surface area contributed by atoms with Gasteiger partial charge in [0.05, 0.1) is 26.7 Å². The molecule has 0 saturated heterocycles. The number of sulfonamides is 2. The number of hydrogen-bond acceptors (Lipinski definition) is 7. The largest absolute Gasteiger partial charge is 0.280 e. The van der Waals surface area contributed by atoms with Crippen LogP contribution >= 0.6 is 0 Å². The van der Waals surface area contributed by atoms with E-state index in [1.165, 1.54) is 54.7 Å². The quantitative estimate of drug-likeness (QED) is 0.300. The van der Waals surface area contributed by atoms with Gasteiger partial charge in [0.1, 0.15) is 4.90 Å². The molecular formula is C21H16N4O6S2. The van der Waals surface area contributed by atoms with Gasteiger partial charge in [-0.25, -0.2) is 16.8 Å². The van der Waals surface area contributed by atoms with E-state index in [0.29, 0.717) is 10.9 Å². The molecule has 33 heavy (non-hydrogen) atoms. The van der Waals surface area contributed by atoms with Crippen LogP contribution in [0.2, 0.25) is 0 Å². The number of anilines is 2. The molecule has 0 aliphatic heterocycles. The van der Waals surface area contributed by atoms with Gasteiger partial charge in [0.2, 0.25) is 0 Å². The van der Waals surface area contributed by atoms with E-state index < -0.39 is 25.0 Å². The summed E-state index contributed by atoms with van der Waals surface area (Å²) < 4.78 is 56.0. The fraction of sp³-hybridized carbons (Fsp3) is 0. The lowest BCUT2D eigenvalue weighted by atomic mass is 10.2. The Bertz CT molecular complexity index is 1580. The minimum atomic E-state index is -4.15. The zero-order valence-electron chi connectivity index (χ0n) is 16.7. The molecule has 0 saturated carbocycles. The number of nitrogens with one attached hydrogen (secondary N) is 2. The third-order valence-corrected chi connectivity index (χ3v) is 7.38. The predicted octanol–water partition coefficient (Wildman–Crippen LogP) is 3.74. The molecule has 0 fully saturated rings. The molecule has 0 aliphatic carbocycles. The van der Waals surface area contributed by atoms with Crippen molar-refractivity contribution in [3.63, 3.8) is 0 Å². The van der Waals surface area contributed by atoms with Crippen molar-refractivity contribution in [1.82, 2.24) is 4.98 Å². The number of pyridine rings is 1. The SMILES string of the molecule is O=[N+]([O-])c1cccc(S(=O)(=O)Nc2cccc(NS(=O)(=O)c3cccc4cccnc34)c2)c1. The highest BCUT2D eigenvalue weighted by Crippen LogP contribution is 2.26. The van der Waals surface area contributed by atoms with E-state index in [9.17, 15) is 26.9 Å². The average Bonchev–Trinajstić information content (AvgIpc) is 2.78. The summed E-state index contributed by atoms with van der Waals surface area (Å²) in [5.74, 6) is 0. The Balaban J connectivity index is 1.62. The van der Waals surface area contributed by atoms with Crippen LogP contribution in [0.3, 0.4) is 0 Å². The summed E-state index contributed by atoms with van der Waals surface area (Å²) >= 11 is 0. The molecular weight excluding hydrogens is 468 g/mol. The number of para-hydroxylation sites is 1. The summed E-state index contributed by atoms with van der Waals surface area (Å²) in [6.07, 6.45) is 1.49. The minimum absolute atomic E-state index is 0.0248. The van der Waals surface area contributed by atoms with Gasteiger partial charge in [-0.3, -0.25) is 24.5 Å². The molecule has 4 rings (SSSR count). The molecule has 1 heterocycles. The maximum Gasteiger partial charge on any atom is 0.270 e. The van der Waals surface area contributed by atoms with Crippen LogP contribution < -0.4 is 9.44 Å². The van der Waals surface area contributed by atoms with Crippen LogP contribution in [0, 0.1) is 10.1 Å². The molecule has 4 aromatic rings. The first kappa shape index (κ1) is 22.2. The van der Waals surface area contributed by atoms with Crippen molar-refractivity contribution in [1.29, 1.82) is 0 Å². The van der Waals surface area contributed by atoms with Gasteiger partial charge in [-0.1, -0.05) is 30.3 Å². The number of benzene rings is 3. The summed E-state index contributed by atoms with van der Waals surface area (Å²) in [6.45, 7) is 0. The second-order valence-corrected chi connectivity index (χ2v) is 10.2. The van der Waals surface area contributed by atoms with Crippen molar-refractivity contribution < 1.29 is 21.8 Å². The Morgan fingerprint density at radius 3 is 2.12 bits per heavy atom. The van der Waals surface area contributed by atoms with E-state index in [-0.39, 0.29) is 26.9 Å². The highest BCUT2D eigenvalue weighted by Gasteiger charge is 2.20. The number of nitro groups is 1. The van der Waals surface area contributed by atoms with E-state index in [1.807, 2.05) is 0 Å². The Labute approximate surface area is 189 Å². The topological polar surface area (TPSA) is 148 Å². The first-order valence-electron chi connectivity index (χ1n) is 9.40. The minimum Gasteiger partial charge on any atom is -0.280 e. The maximum absolute atomic E-state index is 13.0. The molecule has 0 radical (unpaired) electrons. The zero-order valence-corrected chi connectivity index (χ0v) is 18.4. The molecule has 0 aliphatic rings. The molecule has 0 unspecified atom stereocenters. The third-order valence-electron chi connectivity index (χ3n) is 4.59. The number of nitro benzene ring substituents is 1. The standard InChI is InChI=1S/C21H16N4O6S2/c26-25(27)18-9-3-10-19(14-18)32(28,29)23-16-7-2-8-17(13-16)24-33(30,31)20-11-1-5-15-6-4-12-22-21(15)20/h1-14,23-24H. The van der Waals surface area contributed by atoms with E-state index >= 15 is 0 Å². The summed E-state index contributed by atoms with van der Waals surface area (Å²) in [7, 11) is -8.18. The summed E-state index contributed by atoms with van der Waals surface area (Å²) in [6, 6.07) is 18.4. The first-order valence-corrected chi connectivity index (χ1v) is 12.4. The van der Waals surface area contributed by atoms with E-state index in [2.05, 4.69) is 14.4 Å². The molecule has 12 heteroatoms. The van der Waals surface area contributed by atoms with Crippen LogP contribution in [0.1, 0.15) is 0 Å². The second-order valence-electron chi connectivity index (χ2n) is 6.88. The van der Waals surface area contributed by atoms with Gasteiger partial charge in [-0.15, -0.1) is 0 Å². The van der Waals surface area contributed by atoms with Crippen LogP contribution in [0.15, 0.2) is 94.9 Å². The lowest BCUT2D eigenvalue weighted by Crippen LogP contribution is -2.15. The second kappa shape index (κ2) is 8.48. The zero-order chi connectivity index (χ0) is 23.6. The summed E-state index contributed by atoms with van der Waals surface area (Å²) in [4.78, 5) is 14.1. The molecule has 0 amide bonds. The van der Waals surface area contributed by atoms with Gasteiger partial charge >= 0.3 is 0 Å². The Kier molecular flexibility index (Phi) is 5.70. The molecule has 0 atom stereocenters.